The summed E-state index contributed by atoms with van der Waals surface area (Å²) in [5.74, 6) is 1.43. The molecule has 3 aromatic rings. The Bertz CT molecular complexity index is 965. The summed E-state index contributed by atoms with van der Waals surface area (Å²) >= 11 is 7.55. The molecule has 2 aromatic carbocycles. The molecule has 0 radical (unpaired) electrons. The molecule has 8 heteroatoms. The second-order valence-electron chi connectivity index (χ2n) is 5.77. The maximum Gasteiger partial charge on any atom is 0.226 e. The molecule has 2 N–H and O–H groups in total. The minimum Gasteiger partial charge on any atom is -0.494 e. The van der Waals surface area contributed by atoms with Crippen molar-refractivity contribution in [2.24, 2.45) is 0 Å². The lowest BCUT2D eigenvalue weighted by Gasteiger charge is -2.09. The van der Waals surface area contributed by atoms with E-state index in [0.717, 1.165) is 20.6 Å². The molecule has 0 aliphatic rings. The number of halogens is 1. The number of aromatic nitrogens is 3. The molecule has 0 saturated carbocycles. The van der Waals surface area contributed by atoms with Crippen LogP contribution in [-0.4, -0.2) is 27.3 Å². The van der Waals surface area contributed by atoms with Gasteiger partial charge in [0, 0.05) is 27.8 Å². The lowest BCUT2D eigenvalue weighted by Crippen LogP contribution is -2.15. The number of hydrogen-bond donors (Lipinski definition) is 2. The third kappa shape index (κ3) is 5.16. The molecule has 0 saturated heterocycles. The van der Waals surface area contributed by atoms with Crippen LogP contribution in [0.1, 0.15) is 13.3 Å². The number of nitrogens with zero attached hydrogens (tertiary/aromatic N) is 2. The zero-order valence-corrected chi connectivity index (χ0v) is 17.7. The Hall–Kier alpha value is -2.20. The van der Waals surface area contributed by atoms with Crippen LogP contribution in [0.25, 0.3) is 11.4 Å². The van der Waals surface area contributed by atoms with E-state index in [1.807, 2.05) is 60.0 Å². The molecule has 0 aliphatic carbocycles. The Labute approximate surface area is 176 Å². The van der Waals surface area contributed by atoms with Gasteiger partial charge in [-0.3, -0.25) is 14.5 Å². The standard InChI is InChI=1S/C19H19IN4O2S/c1-2-26-16-9-3-13(4-10-16)18-22-23-19(27)24(18)12-11-17(25)21-15-7-5-14(20)6-8-15/h3-10H,2,11-12H2,1H3,(H,21,25)(H,23,27). The van der Waals surface area contributed by atoms with Crippen LogP contribution in [0.2, 0.25) is 0 Å². The van der Waals surface area contributed by atoms with E-state index in [2.05, 4.69) is 38.1 Å². The molecule has 0 bridgehead atoms. The highest BCUT2D eigenvalue weighted by atomic mass is 127. The number of ether oxygens (including phenoxy) is 1. The van der Waals surface area contributed by atoms with Crippen molar-refractivity contribution in [2.45, 2.75) is 19.9 Å². The molecule has 6 nitrogen and oxygen atoms in total. The van der Waals surface area contributed by atoms with Gasteiger partial charge in [0.2, 0.25) is 5.91 Å². The van der Waals surface area contributed by atoms with Crippen molar-refractivity contribution in [1.29, 1.82) is 0 Å². The van der Waals surface area contributed by atoms with Crippen molar-refractivity contribution in [2.75, 3.05) is 11.9 Å². The molecule has 0 spiro atoms. The summed E-state index contributed by atoms with van der Waals surface area (Å²) in [6, 6.07) is 15.3. The second kappa shape index (κ2) is 9.14. The van der Waals surface area contributed by atoms with Gasteiger partial charge in [-0.1, -0.05) is 0 Å². The Kier molecular flexibility index (Phi) is 6.62. The fourth-order valence-corrected chi connectivity index (χ4v) is 3.17. The third-order valence-electron chi connectivity index (χ3n) is 3.87. The topological polar surface area (TPSA) is 71.9 Å². The highest BCUT2D eigenvalue weighted by Crippen LogP contribution is 2.21. The van der Waals surface area contributed by atoms with Gasteiger partial charge in [0.15, 0.2) is 10.6 Å². The van der Waals surface area contributed by atoms with E-state index in [0.29, 0.717) is 30.2 Å². The van der Waals surface area contributed by atoms with E-state index in [1.165, 1.54) is 0 Å². The summed E-state index contributed by atoms with van der Waals surface area (Å²) < 4.78 is 8.91. The zero-order chi connectivity index (χ0) is 19.2. The largest absolute Gasteiger partial charge is 0.494 e. The summed E-state index contributed by atoms with van der Waals surface area (Å²) in [6.45, 7) is 3.00. The summed E-state index contributed by atoms with van der Waals surface area (Å²) in [6.07, 6.45) is 0.295. The Balaban J connectivity index is 1.68. The average molecular weight is 494 g/mol. The van der Waals surface area contributed by atoms with Crippen molar-refractivity contribution >= 4 is 46.4 Å². The predicted molar refractivity (Wildman–Crippen MR) is 116 cm³/mol. The number of carbonyl (C=O) groups excluding carboxylic acids is 1. The maximum absolute atomic E-state index is 12.3. The van der Waals surface area contributed by atoms with Gasteiger partial charge in [0.1, 0.15) is 5.75 Å². The maximum atomic E-state index is 12.3. The number of nitrogens with one attached hydrogen (secondary N) is 2. The van der Waals surface area contributed by atoms with Crippen LogP contribution in [0.4, 0.5) is 5.69 Å². The van der Waals surface area contributed by atoms with Gasteiger partial charge in [-0.05, 0) is 90.3 Å². The van der Waals surface area contributed by atoms with E-state index in [1.54, 1.807) is 0 Å². The van der Waals surface area contributed by atoms with E-state index >= 15 is 0 Å². The van der Waals surface area contributed by atoms with Gasteiger partial charge >= 0.3 is 0 Å². The summed E-state index contributed by atoms with van der Waals surface area (Å²) in [7, 11) is 0. The molecule has 140 valence electrons. The first kappa shape index (κ1) is 19.6. The van der Waals surface area contributed by atoms with Crippen molar-refractivity contribution in [3.63, 3.8) is 0 Å². The molecule has 1 aromatic heterocycles. The molecule has 3 rings (SSSR count). The lowest BCUT2D eigenvalue weighted by molar-refractivity contribution is -0.116. The molecular weight excluding hydrogens is 475 g/mol. The number of hydrogen-bond acceptors (Lipinski definition) is 4. The smallest absolute Gasteiger partial charge is 0.226 e. The Morgan fingerprint density at radius 2 is 1.93 bits per heavy atom. The molecule has 0 atom stereocenters. The van der Waals surface area contributed by atoms with E-state index in [-0.39, 0.29) is 5.91 Å². The minimum absolute atomic E-state index is 0.0723. The van der Waals surface area contributed by atoms with Gasteiger partial charge in [0.25, 0.3) is 0 Å². The van der Waals surface area contributed by atoms with Crippen molar-refractivity contribution in [1.82, 2.24) is 14.8 Å². The van der Waals surface area contributed by atoms with Crippen LogP contribution < -0.4 is 10.1 Å². The van der Waals surface area contributed by atoms with E-state index in [4.69, 9.17) is 17.0 Å². The van der Waals surface area contributed by atoms with Gasteiger partial charge in [0.05, 0.1) is 6.61 Å². The van der Waals surface area contributed by atoms with Crippen LogP contribution in [-0.2, 0) is 11.3 Å². The first-order chi connectivity index (χ1) is 13.1. The predicted octanol–water partition coefficient (Wildman–Crippen LogP) is 4.64. The fraction of sp³-hybridized carbons (Fsp3) is 0.211. The Morgan fingerprint density at radius 1 is 1.22 bits per heavy atom. The first-order valence-corrected chi connectivity index (χ1v) is 9.99. The number of H-pyrrole nitrogens is 1. The van der Waals surface area contributed by atoms with Gasteiger partial charge in [-0.25, -0.2) is 0 Å². The monoisotopic (exact) mass is 494 g/mol. The van der Waals surface area contributed by atoms with Crippen LogP contribution >= 0.6 is 34.8 Å². The number of rotatable bonds is 7. The van der Waals surface area contributed by atoms with Gasteiger partial charge in [-0.2, -0.15) is 5.10 Å². The molecular formula is C19H19IN4O2S. The highest BCUT2D eigenvalue weighted by molar-refractivity contribution is 14.1. The zero-order valence-electron chi connectivity index (χ0n) is 14.7. The fourth-order valence-electron chi connectivity index (χ4n) is 2.58. The average Bonchev–Trinajstić information content (AvgIpc) is 3.03. The molecule has 1 heterocycles. The van der Waals surface area contributed by atoms with Gasteiger partial charge in [-0.15, -0.1) is 0 Å². The third-order valence-corrected chi connectivity index (χ3v) is 4.90. The van der Waals surface area contributed by atoms with Crippen LogP contribution in [0, 0.1) is 8.34 Å². The molecule has 1 amide bonds. The SMILES string of the molecule is CCOc1ccc(-c2n[nH]c(=S)n2CCC(=O)Nc2ccc(I)cc2)cc1. The van der Waals surface area contributed by atoms with Crippen molar-refractivity contribution in [3.05, 3.63) is 56.9 Å². The first-order valence-electron chi connectivity index (χ1n) is 8.50. The van der Waals surface area contributed by atoms with Crippen LogP contribution in [0.5, 0.6) is 5.75 Å². The van der Waals surface area contributed by atoms with E-state index < -0.39 is 0 Å². The number of aromatic amines is 1. The van der Waals surface area contributed by atoms with Crippen LogP contribution in [0.3, 0.4) is 0 Å². The lowest BCUT2D eigenvalue weighted by atomic mass is 10.2. The number of benzene rings is 2. The molecule has 27 heavy (non-hydrogen) atoms. The van der Waals surface area contributed by atoms with E-state index in [9.17, 15) is 4.79 Å². The normalized spacial score (nSPS) is 10.6. The van der Waals surface area contributed by atoms with Gasteiger partial charge < -0.3 is 10.1 Å². The number of carbonyl (C=O) groups is 1. The quantitative estimate of drug-likeness (QED) is 0.371. The van der Waals surface area contributed by atoms with Crippen LogP contribution in [0.15, 0.2) is 48.5 Å². The minimum atomic E-state index is -0.0723. The Morgan fingerprint density at radius 3 is 2.59 bits per heavy atom. The molecule has 0 fully saturated rings. The molecule has 0 unspecified atom stereocenters. The summed E-state index contributed by atoms with van der Waals surface area (Å²) in [5, 5.41) is 10.0. The number of amides is 1. The van der Waals surface area contributed by atoms with Crippen molar-refractivity contribution in [3.8, 4) is 17.1 Å². The summed E-state index contributed by atoms with van der Waals surface area (Å²) in [5.41, 5.74) is 1.69. The highest BCUT2D eigenvalue weighted by Gasteiger charge is 2.11. The second-order valence-corrected chi connectivity index (χ2v) is 7.40. The van der Waals surface area contributed by atoms with Crippen molar-refractivity contribution < 1.29 is 9.53 Å². The summed E-state index contributed by atoms with van der Waals surface area (Å²) in [4.78, 5) is 12.3. The number of anilines is 1. The molecule has 0 aliphatic heterocycles.